The zero-order valence-electron chi connectivity index (χ0n) is 9.26. The van der Waals surface area contributed by atoms with Crippen molar-refractivity contribution in [3.05, 3.63) is 0 Å². The molecule has 0 aromatic rings. The molecule has 2 heteroatoms. The Labute approximate surface area is 88.1 Å². The molecule has 0 spiro atoms. The van der Waals surface area contributed by atoms with Gasteiger partial charge >= 0.3 is 0 Å². The molecule has 1 N–H and O–H groups in total. The standard InChI is InChI=1S/C12H22N2/c1-3-5-6-10-14(4-2)11-12-8-7-9-13-12/h1,12-13H,4-11H2,2H3. The van der Waals surface area contributed by atoms with Crippen LogP contribution in [0.5, 0.6) is 0 Å². The SMILES string of the molecule is C#CCCCN(CC)CC1CCCN1. The molecule has 0 radical (unpaired) electrons. The van der Waals surface area contributed by atoms with E-state index in [0.717, 1.165) is 32.0 Å². The lowest BCUT2D eigenvalue weighted by atomic mass is 10.2. The summed E-state index contributed by atoms with van der Waals surface area (Å²) in [6.07, 6.45) is 9.96. The van der Waals surface area contributed by atoms with E-state index >= 15 is 0 Å². The summed E-state index contributed by atoms with van der Waals surface area (Å²) >= 11 is 0. The Morgan fingerprint density at radius 3 is 3.00 bits per heavy atom. The minimum atomic E-state index is 0.723. The van der Waals surface area contributed by atoms with Crippen molar-refractivity contribution in [2.24, 2.45) is 0 Å². The fraction of sp³-hybridized carbons (Fsp3) is 0.833. The number of nitrogens with one attached hydrogen (secondary N) is 1. The first-order valence-electron chi connectivity index (χ1n) is 5.76. The number of rotatable bonds is 6. The third kappa shape index (κ3) is 4.13. The molecule has 1 saturated heterocycles. The first-order valence-corrected chi connectivity index (χ1v) is 5.76. The van der Waals surface area contributed by atoms with Gasteiger partial charge in [-0.25, -0.2) is 0 Å². The van der Waals surface area contributed by atoms with Crippen LogP contribution in [0, 0.1) is 12.3 Å². The second kappa shape index (κ2) is 6.86. The maximum Gasteiger partial charge on any atom is 0.0195 e. The van der Waals surface area contributed by atoms with Gasteiger partial charge in [-0.05, 0) is 38.9 Å². The van der Waals surface area contributed by atoms with Gasteiger partial charge in [0.25, 0.3) is 0 Å². The zero-order valence-corrected chi connectivity index (χ0v) is 9.26. The predicted octanol–water partition coefficient (Wildman–Crippen LogP) is 1.47. The van der Waals surface area contributed by atoms with Crippen LogP contribution in [0.4, 0.5) is 0 Å². The molecule has 0 aromatic carbocycles. The summed E-state index contributed by atoms with van der Waals surface area (Å²) in [5, 5.41) is 3.53. The highest BCUT2D eigenvalue weighted by Crippen LogP contribution is 2.07. The first-order chi connectivity index (χ1) is 6.86. The molecule has 1 fully saturated rings. The van der Waals surface area contributed by atoms with E-state index < -0.39 is 0 Å². The van der Waals surface area contributed by atoms with Gasteiger partial charge in [-0.2, -0.15) is 0 Å². The van der Waals surface area contributed by atoms with E-state index in [-0.39, 0.29) is 0 Å². The van der Waals surface area contributed by atoms with E-state index in [0.29, 0.717) is 0 Å². The van der Waals surface area contributed by atoms with Crippen LogP contribution in [0.2, 0.25) is 0 Å². The Bertz CT molecular complexity index is 177. The number of nitrogens with zero attached hydrogens (tertiary/aromatic N) is 1. The topological polar surface area (TPSA) is 15.3 Å². The Hall–Kier alpha value is -0.520. The number of hydrogen-bond donors (Lipinski definition) is 1. The van der Waals surface area contributed by atoms with E-state index in [2.05, 4.69) is 23.1 Å². The molecule has 1 unspecified atom stereocenters. The molecular weight excluding hydrogens is 172 g/mol. The van der Waals surface area contributed by atoms with Crippen LogP contribution in [0.3, 0.4) is 0 Å². The summed E-state index contributed by atoms with van der Waals surface area (Å²) in [7, 11) is 0. The molecule has 80 valence electrons. The predicted molar refractivity (Wildman–Crippen MR) is 61.2 cm³/mol. The molecule has 0 bridgehead atoms. The summed E-state index contributed by atoms with van der Waals surface area (Å²) in [6.45, 7) is 6.92. The molecule has 0 saturated carbocycles. The Morgan fingerprint density at radius 2 is 2.43 bits per heavy atom. The van der Waals surface area contributed by atoms with Crippen molar-refractivity contribution in [2.45, 2.75) is 38.6 Å². The fourth-order valence-electron chi connectivity index (χ4n) is 2.01. The number of likely N-dealkylation sites (N-methyl/N-ethyl adjacent to an activating group) is 1. The zero-order chi connectivity index (χ0) is 10.2. The van der Waals surface area contributed by atoms with Crippen molar-refractivity contribution in [3.63, 3.8) is 0 Å². The Morgan fingerprint density at radius 1 is 1.57 bits per heavy atom. The van der Waals surface area contributed by atoms with Gasteiger partial charge in [-0.15, -0.1) is 12.3 Å². The van der Waals surface area contributed by atoms with Crippen molar-refractivity contribution in [1.29, 1.82) is 0 Å². The van der Waals surface area contributed by atoms with Crippen LogP contribution in [-0.2, 0) is 0 Å². The lowest BCUT2D eigenvalue weighted by Crippen LogP contribution is -2.37. The third-order valence-electron chi connectivity index (χ3n) is 2.88. The van der Waals surface area contributed by atoms with Gasteiger partial charge in [-0.3, -0.25) is 0 Å². The molecule has 1 aliphatic heterocycles. The lowest BCUT2D eigenvalue weighted by molar-refractivity contribution is 0.259. The maximum absolute atomic E-state index is 5.24. The first kappa shape index (κ1) is 11.6. The monoisotopic (exact) mass is 194 g/mol. The highest BCUT2D eigenvalue weighted by Gasteiger charge is 2.16. The highest BCUT2D eigenvalue weighted by atomic mass is 15.1. The van der Waals surface area contributed by atoms with Gasteiger partial charge in [0.05, 0.1) is 0 Å². The van der Waals surface area contributed by atoms with E-state index in [4.69, 9.17) is 6.42 Å². The van der Waals surface area contributed by atoms with Gasteiger partial charge in [0, 0.05) is 19.0 Å². The summed E-state index contributed by atoms with van der Waals surface area (Å²) in [6, 6.07) is 0.723. The van der Waals surface area contributed by atoms with Crippen LogP contribution < -0.4 is 5.32 Å². The lowest BCUT2D eigenvalue weighted by Gasteiger charge is -2.23. The van der Waals surface area contributed by atoms with Crippen LogP contribution in [0.15, 0.2) is 0 Å². The molecule has 1 heterocycles. The number of terminal acetylenes is 1. The average Bonchev–Trinajstić information content (AvgIpc) is 2.69. The van der Waals surface area contributed by atoms with E-state index in [1.807, 2.05) is 0 Å². The van der Waals surface area contributed by atoms with Crippen molar-refractivity contribution in [1.82, 2.24) is 10.2 Å². The van der Waals surface area contributed by atoms with E-state index in [1.54, 1.807) is 0 Å². The van der Waals surface area contributed by atoms with Crippen LogP contribution in [-0.4, -0.2) is 37.1 Å². The molecule has 0 aliphatic carbocycles. The van der Waals surface area contributed by atoms with Gasteiger partial charge in [0.1, 0.15) is 0 Å². The van der Waals surface area contributed by atoms with Crippen LogP contribution >= 0.6 is 0 Å². The highest BCUT2D eigenvalue weighted by molar-refractivity contribution is 4.84. The molecule has 0 aromatic heterocycles. The summed E-state index contributed by atoms with van der Waals surface area (Å²) < 4.78 is 0. The van der Waals surface area contributed by atoms with Crippen molar-refractivity contribution >= 4 is 0 Å². The van der Waals surface area contributed by atoms with Crippen LogP contribution in [0.1, 0.15) is 32.6 Å². The van der Waals surface area contributed by atoms with Crippen molar-refractivity contribution in [3.8, 4) is 12.3 Å². The van der Waals surface area contributed by atoms with Gasteiger partial charge in [0.15, 0.2) is 0 Å². The van der Waals surface area contributed by atoms with Gasteiger partial charge in [-0.1, -0.05) is 6.92 Å². The molecular formula is C12H22N2. The fourth-order valence-corrected chi connectivity index (χ4v) is 2.01. The molecule has 2 nitrogen and oxygen atoms in total. The Balaban J connectivity index is 2.13. The quantitative estimate of drug-likeness (QED) is 0.509. The van der Waals surface area contributed by atoms with Gasteiger partial charge < -0.3 is 10.2 Å². The molecule has 1 aliphatic rings. The number of unbranched alkanes of at least 4 members (excludes halogenated alkanes) is 1. The van der Waals surface area contributed by atoms with E-state index in [1.165, 1.54) is 25.9 Å². The third-order valence-corrected chi connectivity index (χ3v) is 2.88. The molecule has 0 amide bonds. The second-order valence-corrected chi connectivity index (χ2v) is 3.99. The largest absolute Gasteiger partial charge is 0.313 e. The minimum absolute atomic E-state index is 0.723. The normalized spacial score (nSPS) is 21.4. The van der Waals surface area contributed by atoms with Crippen molar-refractivity contribution < 1.29 is 0 Å². The number of hydrogen-bond acceptors (Lipinski definition) is 2. The smallest absolute Gasteiger partial charge is 0.0195 e. The average molecular weight is 194 g/mol. The summed E-state index contributed by atoms with van der Waals surface area (Å²) in [4.78, 5) is 2.50. The summed E-state index contributed by atoms with van der Waals surface area (Å²) in [5.74, 6) is 2.70. The van der Waals surface area contributed by atoms with Crippen molar-refractivity contribution in [2.75, 3.05) is 26.2 Å². The maximum atomic E-state index is 5.24. The minimum Gasteiger partial charge on any atom is -0.313 e. The Kier molecular flexibility index (Phi) is 5.66. The molecule has 14 heavy (non-hydrogen) atoms. The molecule has 1 rings (SSSR count). The van der Waals surface area contributed by atoms with E-state index in [9.17, 15) is 0 Å². The molecule has 1 atom stereocenters. The van der Waals surface area contributed by atoms with Gasteiger partial charge in [0.2, 0.25) is 0 Å². The summed E-state index contributed by atoms with van der Waals surface area (Å²) in [5.41, 5.74) is 0. The second-order valence-electron chi connectivity index (χ2n) is 3.99. The van der Waals surface area contributed by atoms with Crippen LogP contribution in [0.25, 0.3) is 0 Å².